The molecule has 0 bridgehead atoms. The highest BCUT2D eigenvalue weighted by Gasteiger charge is 2.29. The van der Waals surface area contributed by atoms with Crippen molar-refractivity contribution in [1.82, 2.24) is 9.97 Å². The van der Waals surface area contributed by atoms with Gasteiger partial charge < -0.3 is 4.74 Å². The Bertz CT molecular complexity index is 584. The largest absolute Gasteiger partial charge is 0.467 e. The van der Waals surface area contributed by atoms with Crippen molar-refractivity contribution < 1.29 is 17.9 Å². The van der Waals surface area contributed by atoms with Crippen LogP contribution < -0.4 is 16.0 Å². The first-order valence-corrected chi connectivity index (χ1v) is 6.21. The molecule has 0 aliphatic heterocycles. The molecule has 0 radical (unpaired) electrons. The molecule has 2 aromatic rings. The fraction of sp³-hybridized carbons (Fsp3) is 0.400. The fourth-order valence-electron chi connectivity index (χ4n) is 1.44. The fourth-order valence-corrected chi connectivity index (χ4v) is 2.40. The van der Waals surface area contributed by atoms with E-state index in [2.05, 4.69) is 15.4 Å². The highest BCUT2D eigenvalue weighted by atomic mass is 32.1. The summed E-state index contributed by atoms with van der Waals surface area (Å²) in [5.41, 5.74) is 2.21. The topological polar surface area (TPSA) is 73.1 Å². The zero-order chi connectivity index (χ0) is 14.0. The molecular formula is C10H11F3N4OS. The average Bonchev–Trinajstić information content (AvgIpc) is 2.77. The predicted octanol–water partition coefficient (Wildman–Crippen LogP) is 2.48. The maximum absolute atomic E-state index is 12.2. The molecule has 0 aliphatic carbocycles. The van der Waals surface area contributed by atoms with E-state index >= 15 is 0 Å². The number of hydrazine groups is 1. The summed E-state index contributed by atoms with van der Waals surface area (Å²) in [6.45, 7) is 0.539. The van der Waals surface area contributed by atoms with Crippen molar-refractivity contribution in [3.05, 3.63) is 10.9 Å². The van der Waals surface area contributed by atoms with Gasteiger partial charge in [0.1, 0.15) is 4.83 Å². The molecule has 0 saturated carbocycles. The number of nitrogens with zero attached hydrogens (tertiary/aromatic N) is 2. The Kier molecular flexibility index (Phi) is 3.76. The number of aromatic nitrogens is 2. The molecule has 0 unspecified atom stereocenters. The summed E-state index contributed by atoms with van der Waals surface area (Å²) in [4.78, 5) is 9.41. The lowest BCUT2D eigenvalue weighted by atomic mass is 10.3. The van der Waals surface area contributed by atoms with Crippen molar-refractivity contribution in [3.8, 4) is 5.88 Å². The minimum absolute atomic E-state index is 0.0224. The number of ether oxygens (including phenoxy) is 1. The van der Waals surface area contributed by atoms with Crippen molar-refractivity contribution in [3.63, 3.8) is 0 Å². The molecule has 0 amide bonds. The number of hydrogen-bond acceptors (Lipinski definition) is 6. The molecule has 9 heteroatoms. The van der Waals surface area contributed by atoms with E-state index in [0.29, 0.717) is 10.2 Å². The van der Waals surface area contributed by atoms with Crippen LogP contribution in [0.2, 0.25) is 0 Å². The summed E-state index contributed by atoms with van der Waals surface area (Å²) in [7, 11) is 0. The maximum atomic E-state index is 12.2. The number of fused-ring (bicyclic) bond motifs is 1. The first-order valence-electron chi connectivity index (χ1n) is 5.39. The number of alkyl halides is 3. The van der Waals surface area contributed by atoms with Crippen LogP contribution in [0.4, 0.5) is 19.1 Å². The number of rotatable bonds is 4. The lowest BCUT2D eigenvalue weighted by molar-refractivity contribution is -0.153. The van der Waals surface area contributed by atoms with Gasteiger partial charge in [-0.3, -0.25) is 5.43 Å². The Morgan fingerprint density at radius 3 is 2.74 bits per heavy atom. The zero-order valence-corrected chi connectivity index (χ0v) is 10.7. The van der Waals surface area contributed by atoms with Crippen LogP contribution in [0.1, 0.15) is 11.8 Å². The van der Waals surface area contributed by atoms with Crippen LogP contribution in [0.25, 0.3) is 10.2 Å². The number of nitrogen functional groups attached to an aromatic ring is 1. The van der Waals surface area contributed by atoms with Crippen LogP contribution >= 0.6 is 11.3 Å². The Morgan fingerprint density at radius 1 is 1.42 bits per heavy atom. The molecule has 104 valence electrons. The van der Waals surface area contributed by atoms with Gasteiger partial charge in [-0.05, 0) is 12.5 Å². The molecule has 2 aromatic heterocycles. The standard InChI is InChI=1S/C10H11F3N4OS/c1-2-5-3-6-7(18-4-10(11,12)13)15-9(17-14)16-8(6)19-5/h3H,2,4,14H2,1H3,(H,15,16,17). The first kappa shape index (κ1) is 13.8. The van der Waals surface area contributed by atoms with Gasteiger partial charge in [-0.2, -0.15) is 18.2 Å². The highest BCUT2D eigenvalue weighted by Crippen LogP contribution is 2.32. The number of thiophene rings is 1. The van der Waals surface area contributed by atoms with Gasteiger partial charge in [-0.25, -0.2) is 10.8 Å². The third-order valence-electron chi connectivity index (χ3n) is 2.26. The molecule has 2 rings (SSSR count). The van der Waals surface area contributed by atoms with Crippen molar-refractivity contribution in [2.24, 2.45) is 5.84 Å². The van der Waals surface area contributed by atoms with Crippen LogP contribution in [0, 0.1) is 0 Å². The average molecular weight is 292 g/mol. The molecule has 19 heavy (non-hydrogen) atoms. The highest BCUT2D eigenvalue weighted by molar-refractivity contribution is 7.18. The lowest BCUT2D eigenvalue weighted by Gasteiger charge is -2.09. The Balaban J connectivity index is 2.41. The first-order chi connectivity index (χ1) is 8.93. The number of halogens is 3. The third-order valence-corrected chi connectivity index (χ3v) is 3.43. The van der Waals surface area contributed by atoms with Crippen molar-refractivity contribution >= 4 is 27.5 Å². The van der Waals surface area contributed by atoms with Crippen LogP contribution in [-0.2, 0) is 6.42 Å². The van der Waals surface area contributed by atoms with Crippen LogP contribution in [0.15, 0.2) is 6.07 Å². The predicted molar refractivity (Wildman–Crippen MR) is 66.2 cm³/mol. The monoisotopic (exact) mass is 292 g/mol. The van der Waals surface area contributed by atoms with Gasteiger partial charge in [0.05, 0.1) is 5.39 Å². The lowest BCUT2D eigenvalue weighted by Crippen LogP contribution is -2.20. The molecule has 0 atom stereocenters. The maximum Gasteiger partial charge on any atom is 0.422 e. The molecule has 0 spiro atoms. The van der Waals surface area contributed by atoms with E-state index in [0.717, 1.165) is 11.3 Å². The summed E-state index contributed by atoms with van der Waals surface area (Å²) >= 11 is 1.37. The molecule has 3 N–H and O–H groups in total. The Labute approximate surface area is 110 Å². The van der Waals surface area contributed by atoms with Gasteiger partial charge in [0.2, 0.25) is 11.8 Å². The van der Waals surface area contributed by atoms with Gasteiger partial charge in [-0.1, -0.05) is 6.92 Å². The van der Waals surface area contributed by atoms with Gasteiger partial charge >= 0.3 is 6.18 Å². The van der Waals surface area contributed by atoms with E-state index < -0.39 is 12.8 Å². The second-order valence-electron chi connectivity index (χ2n) is 3.69. The SMILES string of the molecule is CCc1cc2c(OCC(F)(F)F)nc(NN)nc2s1. The van der Waals surface area contributed by atoms with Crippen LogP contribution in [0.3, 0.4) is 0 Å². The normalized spacial score (nSPS) is 11.8. The second-order valence-corrected chi connectivity index (χ2v) is 4.80. The van der Waals surface area contributed by atoms with Gasteiger partial charge in [0, 0.05) is 4.88 Å². The van der Waals surface area contributed by atoms with Crippen molar-refractivity contribution in [1.29, 1.82) is 0 Å². The van der Waals surface area contributed by atoms with E-state index in [1.165, 1.54) is 11.3 Å². The minimum Gasteiger partial charge on any atom is -0.467 e. The molecule has 2 heterocycles. The number of aryl methyl sites for hydroxylation is 1. The number of hydrogen-bond donors (Lipinski definition) is 2. The van der Waals surface area contributed by atoms with E-state index in [1.54, 1.807) is 6.07 Å². The van der Waals surface area contributed by atoms with E-state index in [-0.39, 0.29) is 11.8 Å². The zero-order valence-electron chi connectivity index (χ0n) is 9.91. The summed E-state index contributed by atoms with van der Waals surface area (Å²) in [5.74, 6) is 5.09. The summed E-state index contributed by atoms with van der Waals surface area (Å²) in [5, 5.41) is 0.463. The summed E-state index contributed by atoms with van der Waals surface area (Å²) < 4.78 is 41.3. The molecule has 0 aromatic carbocycles. The van der Waals surface area contributed by atoms with E-state index in [9.17, 15) is 13.2 Å². The van der Waals surface area contributed by atoms with Gasteiger partial charge in [0.25, 0.3) is 0 Å². The van der Waals surface area contributed by atoms with E-state index in [4.69, 9.17) is 10.6 Å². The molecule has 5 nitrogen and oxygen atoms in total. The molecular weight excluding hydrogens is 281 g/mol. The summed E-state index contributed by atoms with van der Waals surface area (Å²) in [6.07, 6.45) is -3.66. The number of anilines is 1. The molecule has 0 fully saturated rings. The van der Waals surface area contributed by atoms with Crippen LogP contribution in [0.5, 0.6) is 5.88 Å². The minimum atomic E-state index is -4.42. The smallest absolute Gasteiger partial charge is 0.422 e. The summed E-state index contributed by atoms with van der Waals surface area (Å²) in [6, 6.07) is 1.73. The number of nitrogens with two attached hydrogens (primary N) is 1. The number of nitrogens with one attached hydrogen (secondary N) is 1. The molecule has 0 saturated heterocycles. The second kappa shape index (κ2) is 5.17. The van der Waals surface area contributed by atoms with Gasteiger partial charge in [-0.15, -0.1) is 11.3 Å². The Morgan fingerprint density at radius 2 is 2.16 bits per heavy atom. The van der Waals surface area contributed by atoms with Crippen molar-refractivity contribution in [2.75, 3.05) is 12.0 Å². The third kappa shape index (κ3) is 3.24. The van der Waals surface area contributed by atoms with Crippen molar-refractivity contribution in [2.45, 2.75) is 19.5 Å². The van der Waals surface area contributed by atoms with Crippen LogP contribution in [-0.4, -0.2) is 22.8 Å². The van der Waals surface area contributed by atoms with E-state index in [1.807, 2.05) is 6.92 Å². The Hall–Kier alpha value is -1.61. The van der Waals surface area contributed by atoms with Gasteiger partial charge in [0.15, 0.2) is 6.61 Å². The molecule has 0 aliphatic rings. The quantitative estimate of drug-likeness (QED) is 0.669.